The summed E-state index contributed by atoms with van der Waals surface area (Å²) in [6, 6.07) is 10.3. The lowest BCUT2D eigenvalue weighted by Gasteiger charge is -2.13. The number of nitrogens with zero attached hydrogens (tertiary/aromatic N) is 5. The molecule has 0 unspecified atom stereocenters. The van der Waals surface area contributed by atoms with Crippen LogP contribution < -0.4 is 5.32 Å². The lowest BCUT2D eigenvalue weighted by molar-refractivity contribution is 0.658. The molecule has 3 heterocycles. The van der Waals surface area contributed by atoms with E-state index in [-0.39, 0.29) is 0 Å². The number of imidazole rings is 1. The Labute approximate surface area is 158 Å². The number of aromatic nitrogens is 5. The minimum atomic E-state index is 0.858. The van der Waals surface area contributed by atoms with Crippen molar-refractivity contribution in [3.63, 3.8) is 0 Å². The van der Waals surface area contributed by atoms with Gasteiger partial charge in [-0.1, -0.05) is 30.3 Å². The molecule has 6 heteroatoms. The first-order chi connectivity index (χ1) is 13.1. The average Bonchev–Trinajstić information content (AvgIpc) is 3.29. The van der Waals surface area contributed by atoms with E-state index in [0.717, 1.165) is 59.1 Å². The van der Waals surface area contributed by atoms with Gasteiger partial charge in [-0.2, -0.15) is 9.61 Å². The third-order valence-electron chi connectivity index (χ3n) is 4.93. The Morgan fingerprint density at radius 3 is 2.59 bits per heavy atom. The Bertz CT molecular complexity index is 1050. The van der Waals surface area contributed by atoms with Gasteiger partial charge in [0.25, 0.3) is 0 Å². The molecule has 0 atom stereocenters. The molecule has 3 aromatic heterocycles. The van der Waals surface area contributed by atoms with E-state index in [4.69, 9.17) is 10.1 Å². The second-order valence-corrected chi connectivity index (χ2v) is 6.81. The molecule has 1 N–H and O–H groups in total. The highest BCUT2D eigenvalue weighted by Crippen LogP contribution is 2.30. The van der Waals surface area contributed by atoms with E-state index in [1.165, 1.54) is 0 Å². The number of aryl methyl sites for hydroxylation is 3. The van der Waals surface area contributed by atoms with E-state index in [9.17, 15) is 0 Å². The van der Waals surface area contributed by atoms with Crippen molar-refractivity contribution in [2.75, 3.05) is 11.9 Å². The number of hydrogen-bond acceptors (Lipinski definition) is 4. The van der Waals surface area contributed by atoms with Gasteiger partial charge in [-0.3, -0.25) is 0 Å². The van der Waals surface area contributed by atoms with Gasteiger partial charge in [-0.25, -0.2) is 9.97 Å². The molecule has 4 aromatic rings. The summed E-state index contributed by atoms with van der Waals surface area (Å²) in [5.74, 6) is 1.02. The van der Waals surface area contributed by atoms with Gasteiger partial charge in [-0.05, 0) is 32.8 Å². The zero-order chi connectivity index (χ0) is 18.8. The maximum atomic E-state index is 4.85. The third kappa shape index (κ3) is 3.30. The van der Waals surface area contributed by atoms with Crippen LogP contribution in [0.25, 0.3) is 16.8 Å². The first-order valence-electron chi connectivity index (χ1n) is 9.26. The molecule has 0 spiro atoms. The lowest BCUT2D eigenvalue weighted by atomic mass is 10.1. The van der Waals surface area contributed by atoms with Crippen LogP contribution in [-0.2, 0) is 6.54 Å². The van der Waals surface area contributed by atoms with Gasteiger partial charge in [0.2, 0.25) is 0 Å². The van der Waals surface area contributed by atoms with Crippen molar-refractivity contribution in [2.24, 2.45) is 0 Å². The second-order valence-electron chi connectivity index (χ2n) is 6.81. The van der Waals surface area contributed by atoms with Gasteiger partial charge in [-0.15, -0.1) is 0 Å². The Morgan fingerprint density at radius 2 is 1.85 bits per heavy atom. The van der Waals surface area contributed by atoms with E-state index in [1.54, 1.807) is 0 Å². The molecule has 0 aliphatic heterocycles. The SMILES string of the molecule is Cc1nc2c(-c3ccccc3)c(C)nn2c(NCCCn2ccnc2)c1C. The summed E-state index contributed by atoms with van der Waals surface area (Å²) in [7, 11) is 0. The predicted molar refractivity (Wildman–Crippen MR) is 108 cm³/mol. The molecule has 0 radical (unpaired) electrons. The number of fused-ring (bicyclic) bond motifs is 1. The Kier molecular flexibility index (Phi) is 4.62. The van der Waals surface area contributed by atoms with Crippen LogP contribution in [0.1, 0.15) is 23.4 Å². The lowest BCUT2D eigenvalue weighted by Crippen LogP contribution is -2.12. The Balaban J connectivity index is 1.67. The zero-order valence-corrected chi connectivity index (χ0v) is 16.0. The van der Waals surface area contributed by atoms with Gasteiger partial charge in [0.15, 0.2) is 5.65 Å². The number of rotatable bonds is 6. The molecule has 27 heavy (non-hydrogen) atoms. The number of nitrogens with one attached hydrogen (secondary N) is 1. The van der Waals surface area contributed by atoms with E-state index in [0.29, 0.717) is 0 Å². The highest BCUT2D eigenvalue weighted by atomic mass is 15.3. The van der Waals surface area contributed by atoms with Gasteiger partial charge < -0.3 is 9.88 Å². The molecule has 0 bridgehead atoms. The highest BCUT2D eigenvalue weighted by molar-refractivity contribution is 5.81. The minimum Gasteiger partial charge on any atom is -0.370 e. The summed E-state index contributed by atoms with van der Waals surface area (Å²) in [5, 5.41) is 8.37. The van der Waals surface area contributed by atoms with Crippen molar-refractivity contribution in [2.45, 2.75) is 33.7 Å². The van der Waals surface area contributed by atoms with E-state index in [2.05, 4.69) is 53.0 Å². The van der Waals surface area contributed by atoms with Gasteiger partial charge in [0.1, 0.15) is 5.82 Å². The van der Waals surface area contributed by atoms with Crippen LogP contribution >= 0.6 is 0 Å². The molecule has 0 aliphatic carbocycles. The summed E-state index contributed by atoms with van der Waals surface area (Å²) in [5.41, 5.74) is 6.29. The van der Waals surface area contributed by atoms with Crippen molar-refractivity contribution in [1.82, 2.24) is 24.1 Å². The van der Waals surface area contributed by atoms with Crippen LogP contribution in [-0.4, -0.2) is 30.7 Å². The first-order valence-corrected chi connectivity index (χ1v) is 9.26. The van der Waals surface area contributed by atoms with Crippen molar-refractivity contribution in [1.29, 1.82) is 0 Å². The molecular weight excluding hydrogens is 336 g/mol. The zero-order valence-electron chi connectivity index (χ0n) is 16.0. The molecule has 6 nitrogen and oxygen atoms in total. The average molecular weight is 360 g/mol. The van der Waals surface area contributed by atoms with Crippen molar-refractivity contribution in [3.8, 4) is 11.1 Å². The van der Waals surface area contributed by atoms with Crippen LogP contribution in [0.5, 0.6) is 0 Å². The van der Waals surface area contributed by atoms with E-state index < -0.39 is 0 Å². The van der Waals surface area contributed by atoms with Crippen molar-refractivity contribution < 1.29 is 0 Å². The monoisotopic (exact) mass is 360 g/mol. The fraction of sp³-hybridized carbons (Fsp3) is 0.286. The van der Waals surface area contributed by atoms with Crippen molar-refractivity contribution >= 4 is 11.5 Å². The summed E-state index contributed by atoms with van der Waals surface area (Å²) in [6.45, 7) is 8.00. The summed E-state index contributed by atoms with van der Waals surface area (Å²) >= 11 is 0. The molecule has 4 rings (SSSR count). The molecular formula is C21H24N6. The maximum Gasteiger partial charge on any atom is 0.165 e. The number of hydrogen-bond donors (Lipinski definition) is 1. The van der Waals surface area contributed by atoms with Crippen LogP contribution in [0, 0.1) is 20.8 Å². The summed E-state index contributed by atoms with van der Waals surface area (Å²) < 4.78 is 4.05. The number of benzene rings is 1. The van der Waals surface area contributed by atoms with Crippen molar-refractivity contribution in [3.05, 3.63) is 66.0 Å². The summed E-state index contributed by atoms with van der Waals surface area (Å²) in [6.07, 6.45) is 6.65. The Morgan fingerprint density at radius 1 is 1.04 bits per heavy atom. The van der Waals surface area contributed by atoms with E-state index >= 15 is 0 Å². The molecule has 0 saturated heterocycles. The molecule has 0 fully saturated rings. The smallest absolute Gasteiger partial charge is 0.165 e. The van der Waals surface area contributed by atoms with Gasteiger partial charge in [0.05, 0.1) is 12.0 Å². The quantitative estimate of drug-likeness (QED) is 0.528. The van der Waals surface area contributed by atoms with Crippen LogP contribution in [0.3, 0.4) is 0 Å². The largest absolute Gasteiger partial charge is 0.370 e. The van der Waals surface area contributed by atoms with Crippen LogP contribution in [0.2, 0.25) is 0 Å². The highest BCUT2D eigenvalue weighted by Gasteiger charge is 2.17. The molecule has 1 aromatic carbocycles. The fourth-order valence-electron chi connectivity index (χ4n) is 3.38. The molecule has 0 saturated carbocycles. The molecule has 0 aliphatic rings. The first kappa shape index (κ1) is 17.3. The Hall–Kier alpha value is -3.15. The second kappa shape index (κ2) is 7.23. The topological polar surface area (TPSA) is 60.0 Å². The summed E-state index contributed by atoms with van der Waals surface area (Å²) in [4.78, 5) is 8.94. The predicted octanol–water partition coefficient (Wildman–Crippen LogP) is 4.02. The third-order valence-corrected chi connectivity index (χ3v) is 4.93. The van der Waals surface area contributed by atoms with E-state index in [1.807, 2.05) is 36.2 Å². The standard InChI is InChI=1S/C21H24N6/c1-15-16(2)24-21-19(18-8-5-4-6-9-18)17(3)25-27(21)20(15)23-10-7-12-26-13-11-22-14-26/h4-6,8-9,11,13-14,23H,7,10,12H2,1-3H3. The minimum absolute atomic E-state index is 0.858. The number of anilines is 1. The normalized spacial score (nSPS) is 11.2. The van der Waals surface area contributed by atoms with Gasteiger partial charge >= 0.3 is 0 Å². The van der Waals surface area contributed by atoms with Crippen LogP contribution in [0.15, 0.2) is 49.1 Å². The van der Waals surface area contributed by atoms with Crippen LogP contribution in [0.4, 0.5) is 5.82 Å². The molecule has 0 amide bonds. The molecule has 138 valence electrons. The fourth-order valence-corrected chi connectivity index (χ4v) is 3.38. The van der Waals surface area contributed by atoms with Gasteiger partial charge in [0, 0.05) is 42.3 Å². The maximum absolute atomic E-state index is 4.85.